The van der Waals surface area contributed by atoms with Crippen molar-refractivity contribution in [2.75, 3.05) is 7.05 Å². The molecule has 1 aliphatic heterocycles. The predicted octanol–water partition coefficient (Wildman–Crippen LogP) is 2.78. The first-order chi connectivity index (χ1) is 9.25. The lowest BCUT2D eigenvalue weighted by Crippen LogP contribution is -2.45. The molecule has 1 aliphatic carbocycles. The van der Waals surface area contributed by atoms with Gasteiger partial charge in [-0.05, 0) is 24.5 Å². The SMILES string of the molecule is CN(C(=O)C1Cc2ccccc2O1)C1CCCCC1. The largest absolute Gasteiger partial charge is 0.480 e. The number of rotatable bonds is 2. The third kappa shape index (κ3) is 2.46. The van der Waals surface area contributed by atoms with Crippen LogP contribution in [0.25, 0.3) is 0 Å². The number of para-hydroxylation sites is 1. The molecular weight excluding hydrogens is 238 g/mol. The standard InChI is InChI=1S/C16H21NO2/c1-17(13-8-3-2-4-9-13)16(18)15-11-12-7-5-6-10-14(12)19-15/h5-7,10,13,15H,2-4,8-9,11H2,1H3. The first-order valence-corrected chi connectivity index (χ1v) is 7.27. The van der Waals surface area contributed by atoms with E-state index in [1.807, 2.05) is 36.2 Å². The predicted molar refractivity (Wildman–Crippen MR) is 74.2 cm³/mol. The molecule has 1 fully saturated rings. The Kier molecular flexibility index (Phi) is 3.45. The first-order valence-electron chi connectivity index (χ1n) is 7.27. The van der Waals surface area contributed by atoms with Crippen LogP contribution in [0.1, 0.15) is 37.7 Å². The molecule has 1 unspecified atom stereocenters. The van der Waals surface area contributed by atoms with Gasteiger partial charge in [-0.25, -0.2) is 0 Å². The second kappa shape index (κ2) is 5.24. The summed E-state index contributed by atoms with van der Waals surface area (Å²) in [5.74, 6) is 1.01. The van der Waals surface area contributed by atoms with Crippen LogP contribution in [0.4, 0.5) is 0 Å². The molecule has 1 heterocycles. The number of likely N-dealkylation sites (N-methyl/N-ethyl adjacent to an activating group) is 1. The summed E-state index contributed by atoms with van der Waals surface area (Å²) >= 11 is 0. The summed E-state index contributed by atoms with van der Waals surface area (Å²) in [7, 11) is 1.94. The molecule has 102 valence electrons. The zero-order chi connectivity index (χ0) is 13.2. The van der Waals surface area contributed by atoms with Crippen molar-refractivity contribution in [2.45, 2.75) is 50.7 Å². The fourth-order valence-corrected chi connectivity index (χ4v) is 3.20. The Labute approximate surface area is 114 Å². The number of carbonyl (C=O) groups is 1. The summed E-state index contributed by atoms with van der Waals surface area (Å²) in [6, 6.07) is 8.36. The molecule has 0 bridgehead atoms. The minimum absolute atomic E-state index is 0.142. The van der Waals surface area contributed by atoms with Crippen molar-refractivity contribution in [1.29, 1.82) is 0 Å². The fourth-order valence-electron chi connectivity index (χ4n) is 3.20. The molecule has 0 spiro atoms. The van der Waals surface area contributed by atoms with Crippen molar-refractivity contribution in [3.05, 3.63) is 29.8 Å². The lowest BCUT2D eigenvalue weighted by molar-refractivity contribution is -0.139. The molecule has 0 radical (unpaired) electrons. The van der Waals surface area contributed by atoms with E-state index >= 15 is 0 Å². The number of hydrogen-bond donors (Lipinski definition) is 0. The Morgan fingerprint density at radius 2 is 1.95 bits per heavy atom. The highest BCUT2D eigenvalue weighted by atomic mass is 16.5. The van der Waals surface area contributed by atoms with Crippen LogP contribution in [-0.2, 0) is 11.2 Å². The third-order valence-electron chi connectivity index (χ3n) is 4.39. The average Bonchev–Trinajstić information content (AvgIpc) is 2.90. The van der Waals surface area contributed by atoms with Crippen molar-refractivity contribution in [3.8, 4) is 5.75 Å². The summed E-state index contributed by atoms with van der Waals surface area (Å²) in [6.45, 7) is 0. The summed E-state index contributed by atoms with van der Waals surface area (Å²) in [5.41, 5.74) is 1.15. The quantitative estimate of drug-likeness (QED) is 0.817. The molecule has 19 heavy (non-hydrogen) atoms. The molecule has 0 N–H and O–H groups in total. The second-order valence-electron chi connectivity index (χ2n) is 5.66. The molecule has 1 aromatic carbocycles. The van der Waals surface area contributed by atoms with Crippen LogP contribution in [-0.4, -0.2) is 30.0 Å². The van der Waals surface area contributed by atoms with Gasteiger partial charge in [0.15, 0.2) is 6.10 Å². The summed E-state index contributed by atoms with van der Waals surface area (Å²) in [4.78, 5) is 14.4. The molecule has 1 atom stereocenters. The normalized spacial score (nSPS) is 22.7. The Morgan fingerprint density at radius 1 is 1.21 bits per heavy atom. The molecule has 3 heteroatoms. The van der Waals surface area contributed by atoms with Gasteiger partial charge in [-0.3, -0.25) is 4.79 Å². The van der Waals surface area contributed by atoms with Crippen molar-refractivity contribution < 1.29 is 9.53 Å². The minimum atomic E-state index is -0.315. The molecule has 0 saturated heterocycles. The van der Waals surface area contributed by atoms with Crippen LogP contribution in [0.2, 0.25) is 0 Å². The van der Waals surface area contributed by atoms with Gasteiger partial charge in [0.2, 0.25) is 0 Å². The van der Waals surface area contributed by atoms with Crippen molar-refractivity contribution in [3.63, 3.8) is 0 Å². The Hall–Kier alpha value is -1.51. The minimum Gasteiger partial charge on any atom is -0.480 e. The Morgan fingerprint density at radius 3 is 2.68 bits per heavy atom. The molecule has 1 amide bonds. The number of amides is 1. The van der Waals surface area contributed by atoms with Gasteiger partial charge in [0.1, 0.15) is 5.75 Å². The van der Waals surface area contributed by atoms with Gasteiger partial charge >= 0.3 is 0 Å². The monoisotopic (exact) mass is 259 g/mol. The highest BCUT2D eigenvalue weighted by Crippen LogP contribution is 2.30. The smallest absolute Gasteiger partial charge is 0.263 e. The molecule has 0 aromatic heterocycles. The van der Waals surface area contributed by atoms with Crippen LogP contribution in [0.15, 0.2) is 24.3 Å². The maximum absolute atomic E-state index is 12.5. The number of benzene rings is 1. The highest BCUT2D eigenvalue weighted by Gasteiger charge is 2.33. The number of hydrogen-bond acceptors (Lipinski definition) is 2. The van der Waals surface area contributed by atoms with Crippen LogP contribution in [0, 0.1) is 0 Å². The Balaban J connectivity index is 1.65. The zero-order valence-electron chi connectivity index (χ0n) is 11.5. The van der Waals surface area contributed by atoms with Gasteiger partial charge in [-0.1, -0.05) is 37.5 Å². The number of nitrogens with zero attached hydrogens (tertiary/aromatic N) is 1. The van der Waals surface area contributed by atoms with E-state index in [0.717, 1.165) is 24.2 Å². The van der Waals surface area contributed by atoms with Crippen molar-refractivity contribution in [2.24, 2.45) is 0 Å². The van der Waals surface area contributed by atoms with E-state index in [1.54, 1.807) is 0 Å². The highest BCUT2D eigenvalue weighted by molar-refractivity contribution is 5.82. The van der Waals surface area contributed by atoms with E-state index in [9.17, 15) is 4.79 Å². The second-order valence-corrected chi connectivity index (χ2v) is 5.66. The molecular formula is C16H21NO2. The lowest BCUT2D eigenvalue weighted by atomic mass is 9.94. The number of fused-ring (bicyclic) bond motifs is 1. The summed E-state index contributed by atoms with van der Waals surface area (Å²) < 4.78 is 5.79. The maximum atomic E-state index is 12.5. The summed E-state index contributed by atoms with van der Waals surface area (Å²) in [5, 5.41) is 0. The van der Waals surface area contributed by atoms with E-state index < -0.39 is 0 Å². The van der Waals surface area contributed by atoms with E-state index in [4.69, 9.17) is 4.74 Å². The van der Waals surface area contributed by atoms with Crippen molar-refractivity contribution in [1.82, 2.24) is 4.90 Å². The van der Waals surface area contributed by atoms with E-state index in [2.05, 4.69) is 0 Å². The number of carbonyl (C=O) groups excluding carboxylic acids is 1. The van der Waals surface area contributed by atoms with E-state index in [0.29, 0.717) is 12.5 Å². The molecule has 1 aromatic rings. The molecule has 1 saturated carbocycles. The average molecular weight is 259 g/mol. The van der Waals surface area contributed by atoms with E-state index in [-0.39, 0.29) is 12.0 Å². The topological polar surface area (TPSA) is 29.5 Å². The van der Waals surface area contributed by atoms with Crippen LogP contribution in [0.5, 0.6) is 5.75 Å². The van der Waals surface area contributed by atoms with Gasteiger partial charge in [0.05, 0.1) is 0 Å². The van der Waals surface area contributed by atoms with Gasteiger partial charge in [0, 0.05) is 19.5 Å². The zero-order valence-corrected chi connectivity index (χ0v) is 11.5. The fraction of sp³-hybridized carbons (Fsp3) is 0.562. The van der Waals surface area contributed by atoms with Crippen molar-refractivity contribution >= 4 is 5.91 Å². The molecule has 2 aliphatic rings. The van der Waals surface area contributed by atoms with Gasteiger partial charge in [-0.2, -0.15) is 0 Å². The Bertz CT molecular complexity index is 441. The van der Waals surface area contributed by atoms with Crippen LogP contribution in [0.3, 0.4) is 0 Å². The number of ether oxygens (including phenoxy) is 1. The molecule has 3 rings (SSSR count). The summed E-state index contributed by atoms with van der Waals surface area (Å²) in [6.07, 6.45) is 6.48. The van der Waals surface area contributed by atoms with Gasteiger partial charge in [0.25, 0.3) is 5.91 Å². The maximum Gasteiger partial charge on any atom is 0.263 e. The lowest BCUT2D eigenvalue weighted by Gasteiger charge is -2.32. The van der Waals surface area contributed by atoms with Gasteiger partial charge in [-0.15, -0.1) is 0 Å². The first kappa shape index (κ1) is 12.5. The van der Waals surface area contributed by atoms with Crippen LogP contribution >= 0.6 is 0 Å². The van der Waals surface area contributed by atoms with Gasteiger partial charge < -0.3 is 9.64 Å². The third-order valence-corrected chi connectivity index (χ3v) is 4.39. The van der Waals surface area contributed by atoms with Crippen LogP contribution < -0.4 is 4.74 Å². The van der Waals surface area contributed by atoms with E-state index in [1.165, 1.54) is 19.3 Å². The molecule has 3 nitrogen and oxygen atoms in total.